The van der Waals surface area contributed by atoms with Gasteiger partial charge in [-0.15, -0.1) is 0 Å². The first-order chi connectivity index (χ1) is 11.0. The van der Waals surface area contributed by atoms with Gasteiger partial charge in [-0.1, -0.05) is 19.9 Å². The second-order valence-corrected chi connectivity index (χ2v) is 6.00. The van der Waals surface area contributed by atoms with Crippen LogP contribution in [-0.4, -0.2) is 46.2 Å². The van der Waals surface area contributed by atoms with Crippen molar-refractivity contribution in [3.8, 4) is 0 Å². The van der Waals surface area contributed by atoms with E-state index in [0.717, 1.165) is 31.6 Å². The first kappa shape index (κ1) is 17.3. The molecule has 2 N–H and O–H groups in total. The van der Waals surface area contributed by atoms with E-state index in [9.17, 15) is 9.59 Å². The third-order valence-corrected chi connectivity index (χ3v) is 3.97. The fourth-order valence-corrected chi connectivity index (χ4v) is 2.64. The van der Waals surface area contributed by atoms with Crippen molar-refractivity contribution in [3.63, 3.8) is 0 Å². The normalized spacial score (nSPS) is 11.6. The largest absolute Gasteiger partial charge is 0.335 e. The maximum atomic E-state index is 12.2. The average molecular weight is 318 g/mol. The van der Waals surface area contributed by atoms with Crippen LogP contribution in [0.25, 0.3) is 11.0 Å². The summed E-state index contributed by atoms with van der Waals surface area (Å²) in [5, 5.41) is 2.76. The fourth-order valence-electron chi connectivity index (χ4n) is 2.64. The maximum Gasteiger partial charge on any atom is 0.334 e. The lowest BCUT2D eigenvalue weighted by Crippen LogP contribution is -2.38. The van der Waals surface area contributed by atoms with Gasteiger partial charge in [-0.2, -0.15) is 0 Å². The highest BCUT2D eigenvalue weighted by molar-refractivity contribution is 5.89. The Morgan fingerprint density at radius 3 is 2.61 bits per heavy atom. The quantitative estimate of drug-likeness (QED) is 0.857. The second kappa shape index (κ2) is 7.46. The standard InChI is InChI=1S/C17H26N4O2/c1-5-20(6-2)10-9-13-7-8-14-15(11-13)21(17(23)19-14)16(22)18-12(3)4/h7-8,11-12H,5-6,9-10H2,1-4H3,(H,18,22)(H,19,23). The molecular weight excluding hydrogens is 292 g/mol. The van der Waals surface area contributed by atoms with Crippen molar-refractivity contribution in [1.29, 1.82) is 0 Å². The number of nitrogens with zero attached hydrogens (tertiary/aromatic N) is 2. The summed E-state index contributed by atoms with van der Waals surface area (Å²) in [6.45, 7) is 11.0. The van der Waals surface area contributed by atoms with Crippen molar-refractivity contribution in [2.24, 2.45) is 0 Å². The molecule has 0 atom stereocenters. The summed E-state index contributed by atoms with van der Waals surface area (Å²) in [4.78, 5) is 29.4. The lowest BCUT2D eigenvalue weighted by Gasteiger charge is -2.17. The van der Waals surface area contributed by atoms with Gasteiger partial charge >= 0.3 is 11.7 Å². The molecule has 126 valence electrons. The minimum atomic E-state index is -0.404. The Morgan fingerprint density at radius 1 is 1.30 bits per heavy atom. The van der Waals surface area contributed by atoms with Gasteiger partial charge in [0.05, 0.1) is 11.0 Å². The first-order valence-electron chi connectivity index (χ1n) is 8.23. The summed E-state index contributed by atoms with van der Waals surface area (Å²) in [7, 11) is 0. The topological polar surface area (TPSA) is 70.1 Å². The third kappa shape index (κ3) is 4.01. The van der Waals surface area contributed by atoms with Crippen molar-refractivity contribution in [3.05, 3.63) is 34.2 Å². The van der Waals surface area contributed by atoms with Crippen LogP contribution in [0.15, 0.2) is 23.0 Å². The smallest absolute Gasteiger partial charge is 0.334 e. The zero-order valence-electron chi connectivity index (χ0n) is 14.3. The molecule has 23 heavy (non-hydrogen) atoms. The number of amides is 1. The van der Waals surface area contributed by atoms with E-state index in [-0.39, 0.29) is 6.04 Å². The molecule has 0 saturated heterocycles. The molecule has 0 spiro atoms. The van der Waals surface area contributed by atoms with Gasteiger partial charge in [-0.25, -0.2) is 14.2 Å². The number of aromatic nitrogens is 2. The summed E-state index contributed by atoms with van der Waals surface area (Å²) in [6, 6.07) is 5.39. The van der Waals surface area contributed by atoms with Gasteiger partial charge < -0.3 is 15.2 Å². The van der Waals surface area contributed by atoms with Crippen LogP contribution in [0.1, 0.15) is 33.3 Å². The monoisotopic (exact) mass is 318 g/mol. The number of nitrogens with one attached hydrogen (secondary N) is 2. The van der Waals surface area contributed by atoms with E-state index in [4.69, 9.17) is 0 Å². The van der Waals surface area contributed by atoms with Crippen LogP contribution in [-0.2, 0) is 6.42 Å². The van der Waals surface area contributed by atoms with Crippen LogP contribution in [0.4, 0.5) is 4.79 Å². The Kier molecular flexibility index (Phi) is 5.60. The van der Waals surface area contributed by atoms with Crippen LogP contribution < -0.4 is 11.0 Å². The third-order valence-electron chi connectivity index (χ3n) is 3.97. The molecule has 0 bridgehead atoms. The summed E-state index contributed by atoms with van der Waals surface area (Å²) in [5.74, 6) is 0. The summed E-state index contributed by atoms with van der Waals surface area (Å²) in [5.41, 5.74) is 2.03. The van der Waals surface area contributed by atoms with Crippen LogP contribution in [0.3, 0.4) is 0 Å². The molecule has 1 aromatic carbocycles. The highest BCUT2D eigenvalue weighted by Gasteiger charge is 2.15. The minimum Gasteiger partial charge on any atom is -0.335 e. The minimum absolute atomic E-state index is 0.0230. The molecule has 0 unspecified atom stereocenters. The predicted octanol–water partition coefficient (Wildman–Crippen LogP) is 2.18. The molecule has 2 rings (SSSR count). The Bertz CT molecular complexity index is 726. The van der Waals surface area contributed by atoms with Crippen molar-refractivity contribution < 1.29 is 4.79 Å². The Labute approximate surface area is 136 Å². The number of imidazole rings is 1. The Morgan fingerprint density at radius 2 is 2.00 bits per heavy atom. The Hall–Kier alpha value is -2.08. The van der Waals surface area contributed by atoms with Crippen molar-refractivity contribution in [1.82, 2.24) is 19.8 Å². The molecule has 1 heterocycles. The van der Waals surface area contributed by atoms with E-state index in [1.165, 1.54) is 4.57 Å². The van der Waals surface area contributed by atoms with Gasteiger partial charge in [-0.05, 0) is 51.1 Å². The number of hydrogen-bond acceptors (Lipinski definition) is 3. The van der Waals surface area contributed by atoms with E-state index in [1.807, 2.05) is 32.0 Å². The van der Waals surface area contributed by atoms with Gasteiger partial charge in [0, 0.05) is 12.6 Å². The van der Waals surface area contributed by atoms with Gasteiger partial charge in [0.1, 0.15) is 0 Å². The van der Waals surface area contributed by atoms with E-state index in [1.54, 1.807) is 0 Å². The summed E-state index contributed by atoms with van der Waals surface area (Å²) in [6.07, 6.45) is 0.892. The molecule has 1 amide bonds. The summed E-state index contributed by atoms with van der Waals surface area (Å²) >= 11 is 0. The zero-order valence-corrected chi connectivity index (χ0v) is 14.3. The molecule has 6 nitrogen and oxygen atoms in total. The fraction of sp³-hybridized carbons (Fsp3) is 0.529. The van der Waals surface area contributed by atoms with Crippen LogP contribution in [0.5, 0.6) is 0 Å². The molecule has 0 saturated carbocycles. The predicted molar refractivity (Wildman–Crippen MR) is 93.1 cm³/mol. The molecule has 0 fully saturated rings. The molecule has 0 aliphatic heterocycles. The number of hydrogen-bond donors (Lipinski definition) is 2. The lowest BCUT2D eigenvalue weighted by atomic mass is 10.1. The first-order valence-corrected chi connectivity index (χ1v) is 8.23. The van der Waals surface area contributed by atoms with Gasteiger partial charge in [0.15, 0.2) is 0 Å². The van der Waals surface area contributed by atoms with Crippen molar-refractivity contribution >= 4 is 17.1 Å². The number of aromatic amines is 1. The maximum absolute atomic E-state index is 12.2. The summed E-state index contributed by atoms with van der Waals surface area (Å²) < 4.78 is 1.18. The van der Waals surface area contributed by atoms with E-state index in [0.29, 0.717) is 11.0 Å². The van der Waals surface area contributed by atoms with Crippen LogP contribution >= 0.6 is 0 Å². The molecule has 1 aromatic heterocycles. The second-order valence-electron chi connectivity index (χ2n) is 6.00. The highest BCUT2D eigenvalue weighted by Crippen LogP contribution is 2.14. The van der Waals surface area contributed by atoms with Gasteiger partial charge in [0.2, 0.25) is 0 Å². The zero-order chi connectivity index (χ0) is 17.0. The lowest BCUT2D eigenvalue weighted by molar-refractivity contribution is 0.240. The number of fused-ring (bicyclic) bond motifs is 1. The van der Waals surface area contributed by atoms with Gasteiger partial charge in [-0.3, -0.25) is 0 Å². The van der Waals surface area contributed by atoms with E-state index >= 15 is 0 Å². The number of carbonyl (C=O) groups is 1. The highest BCUT2D eigenvalue weighted by atomic mass is 16.2. The molecule has 0 aliphatic rings. The SMILES string of the molecule is CCN(CC)CCc1ccc2[nH]c(=O)n(C(=O)NC(C)C)c2c1. The number of carbonyl (C=O) groups excluding carboxylic acids is 1. The van der Waals surface area contributed by atoms with Crippen LogP contribution in [0, 0.1) is 0 Å². The van der Waals surface area contributed by atoms with Crippen molar-refractivity contribution in [2.45, 2.75) is 40.2 Å². The number of benzene rings is 1. The number of likely N-dealkylation sites (N-methyl/N-ethyl adjacent to an activating group) is 1. The molecule has 6 heteroatoms. The van der Waals surface area contributed by atoms with E-state index < -0.39 is 11.7 Å². The number of rotatable bonds is 6. The van der Waals surface area contributed by atoms with Gasteiger partial charge in [0.25, 0.3) is 0 Å². The Balaban J connectivity index is 2.30. The van der Waals surface area contributed by atoms with E-state index in [2.05, 4.69) is 29.0 Å². The van der Waals surface area contributed by atoms with Crippen LogP contribution in [0.2, 0.25) is 0 Å². The number of H-pyrrole nitrogens is 1. The average Bonchev–Trinajstić information content (AvgIpc) is 2.82. The molecular formula is C17H26N4O2. The molecule has 2 aromatic rings. The molecule has 0 radical (unpaired) electrons. The van der Waals surface area contributed by atoms with Crippen molar-refractivity contribution in [2.75, 3.05) is 19.6 Å². The molecule has 0 aliphatic carbocycles.